The highest BCUT2D eigenvalue weighted by Gasteiger charge is 2.60. The van der Waals surface area contributed by atoms with Crippen LogP contribution in [0.3, 0.4) is 0 Å². The van der Waals surface area contributed by atoms with E-state index in [2.05, 4.69) is 6.92 Å². The van der Waals surface area contributed by atoms with Crippen LogP contribution >= 0.6 is 0 Å². The first-order chi connectivity index (χ1) is 8.04. The van der Waals surface area contributed by atoms with Crippen LogP contribution in [0.15, 0.2) is 0 Å². The molecule has 3 aliphatic carbocycles. The molecule has 6 atom stereocenters. The van der Waals surface area contributed by atoms with Gasteiger partial charge in [0.05, 0.1) is 6.10 Å². The molecular formula is C14H22O3. The first-order valence-electron chi connectivity index (χ1n) is 6.92. The van der Waals surface area contributed by atoms with Crippen molar-refractivity contribution in [2.45, 2.75) is 57.7 Å². The van der Waals surface area contributed by atoms with Crippen LogP contribution in [0, 0.1) is 23.7 Å². The predicted octanol–water partition coefficient (Wildman–Crippen LogP) is 2.13. The van der Waals surface area contributed by atoms with E-state index < -0.39 is 0 Å². The van der Waals surface area contributed by atoms with E-state index >= 15 is 0 Å². The van der Waals surface area contributed by atoms with Crippen molar-refractivity contribution >= 4 is 5.97 Å². The molecule has 3 rings (SSSR count). The Morgan fingerprint density at radius 3 is 2.65 bits per heavy atom. The number of hydrogen-bond donors (Lipinski definition) is 1. The largest absolute Gasteiger partial charge is 0.459 e. The summed E-state index contributed by atoms with van der Waals surface area (Å²) in [5.74, 6) is 2.31. The van der Waals surface area contributed by atoms with Gasteiger partial charge in [0.2, 0.25) is 0 Å². The lowest BCUT2D eigenvalue weighted by Gasteiger charge is -2.29. The van der Waals surface area contributed by atoms with E-state index in [1.54, 1.807) is 0 Å². The average molecular weight is 238 g/mol. The molecule has 2 bridgehead atoms. The fourth-order valence-electron chi connectivity index (χ4n) is 4.88. The number of rotatable bonds is 2. The number of esters is 1. The highest BCUT2D eigenvalue weighted by Crippen LogP contribution is 2.62. The second-order valence-electron chi connectivity index (χ2n) is 6.33. The van der Waals surface area contributed by atoms with Crippen molar-refractivity contribution in [3.63, 3.8) is 0 Å². The van der Waals surface area contributed by atoms with Gasteiger partial charge in [-0.05, 0) is 55.8 Å². The molecule has 3 saturated carbocycles. The standard InChI is InChI=1S/C14H22O3/c1-3-14(17-8(2)15)6-11-9-4-10(12(11)7-14)13(16)5-9/h9-13,16H,3-7H2,1-2H3. The van der Waals surface area contributed by atoms with Gasteiger partial charge in [0.15, 0.2) is 0 Å². The van der Waals surface area contributed by atoms with Gasteiger partial charge in [0.25, 0.3) is 0 Å². The van der Waals surface area contributed by atoms with Crippen molar-refractivity contribution in [3.8, 4) is 0 Å². The summed E-state index contributed by atoms with van der Waals surface area (Å²) in [4.78, 5) is 11.3. The number of aliphatic hydroxyl groups excluding tert-OH is 1. The minimum atomic E-state index is -0.220. The summed E-state index contributed by atoms with van der Waals surface area (Å²) in [5, 5.41) is 9.98. The molecule has 3 fully saturated rings. The molecule has 0 spiro atoms. The summed E-state index contributed by atoms with van der Waals surface area (Å²) in [7, 11) is 0. The van der Waals surface area contributed by atoms with Crippen molar-refractivity contribution in [1.29, 1.82) is 0 Å². The molecule has 1 N–H and O–H groups in total. The monoisotopic (exact) mass is 238 g/mol. The Balaban J connectivity index is 1.79. The van der Waals surface area contributed by atoms with E-state index in [1.165, 1.54) is 13.3 Å². The van der Waals surface area contributed by atoms with Gasteiger partial charge in [-0.15, -0.1) is 0 Å². The number of fused-ring (bicyclic) bond motifs is 5. The fourth-order valence-corrected chi connectivity index (χ4v) is 4.88. The summed E-state index contributed by atoms with van der Waals surface area (Å²) in [6.45, 7) is 3.62. The van der Waals surface area contributed by atoms with E-state index in [1.807, 2.05) is 0 Å². The molecule has 17 heavy (non-hydrogen) atoms. The molecule has 0 aromatic carbocycles. The maximum absolute atomic E-state index is 11.3. The SMILES string of the molecule is CCC1(OC(C)=O)CC2C3CC(O)C(C3)C2C1. The number of carbonyl (C=O) groups is 1. The van der Waals surface area contributed by atoms with Crippen molar-refractivity contribution in [2.75, 3.05) is 0 Å². The van der Waals surface area contributed by atoms with Gasteiger partial charge in [-0.2, -0.15) is 0 Å². The third-order valence-electron chi connectivity index (χ3n) is 5.54. The van der Waals surface area contributed by atoms with Crippen molar-refractivity contribution in [3.05, 3.63) is 0 Å². The summed E-state index contributed by atoms with van der Waals surface area (Å²) < 4.78 is 5.62. The zero-order chi connectivity index (χ0) is 12.2. The van der Waals surface area contributed by atoms with Gasteiger partial charge in [-0.3, -0.25) is 4.79 Å². The van der Waals surface area contributed by atoms with Crippen molar-refractivity contribution in [1.82, 2.24) is 0 Å². The maximum atomic E-state index is 11.3. The molecule has 0 aromatic heterocycles. The zero-order valence-corrected chi connectivity index (χ0v) is 10.7. The van der Waals surface area contributed by atoms with Gasteiger partial charge < -0.3 is 9.84 Å². The Morgan fingerprint density at radius 1 is 1.29 bits per heavy atom. The Labute approximate surface area is 103 Å². The first kappa shape index (κ1) is 11.5. The summed E-state index contributed by atoms with van der Waals surface area (Å²) >= 11 is 0. The van der Waals surface area contributed by atoms with Crippen LogP contribution in [0.4, 0.5) is 0 Å². The molecule has 0 amide bonds. The van der Waals surface area contributed by atoms with Gasteiger partial charge in [-0.25, -0.2) is 0 Å². The molecule has 0 saturated heterocycles. The second kappa shape index (κ2) is 3.71. The lowest BCUT2D eigenvalue weighted by Crippen LogP contribution is -2.32. The number of hydrogen-bond acceptors (Lipinski definition) is 3. The van der Waals surface area contributed by atoms with Crippen LogP contribution < -0.4 is 0 Å². The molecule has 6 unspecified atom stereocenters. The van der Waals surface area contributed by atoms with E-state index in [4.69, 9.17) is 4.74 Å². The number of carbonyl (C=O) groups excluding carboxylic acids is 1. The summed E-state index contributed by atoms with van der Waals surface area (Å²) in [5.41, 5.74) is -0.220. The van der Waals surface area contributed by atoms with Gasteiger partial charge >= 0.3 is 5.97 Å². The maximum Gasteiger partial charge on any atom is 0.303 e. The molecule has 0 heterocycles. The average Bonchev–Trinajstić information content (AvgIpc) is 2.86. The molecule has 96 valence electrons. The van der Waals surface area contributed by atoms with Crippen LogP contribution in [0.25, 0.3) is 0 Å². The lowest BCUT2D eigenvalue weighted by molar-refractivity contribution is -0.157. The van der Waals surface area contributed by atoms with Gasteiger partial charge in [-0.1, -0.05) is 6.92 Å². The second-order valence-corrected chi connectivity index (χ2v) is 6.33. The summed E-state index contributed by atoms with van der Waals surface area (Å²) in [6.07, 6.45) is 5.01. The minimum Gasteiger partial charge on any atom is -0.459 e. The third kappa shape index (κ3) is 1.62. The van der Waals surface area contributed by atoms with Crippen LogP contribution in [-0.4, -0.2) is 22.8 Å². The van der Waals surface area contributed by atoms with Crippen molar-refractivity contribution < 1.29 is 14.6 Å². The topological polar surface area (TPSA) is 46.5 Å². The fraction of sp³-hybridized carbons (Fsp3) is 0.929. The van der Waals surface area contributed by atoms with Gasteiger partial charge in [0, 0.05) is 6.92 Å². The Morgan fingerprint density at radius 2 is 2.00 bits per heavy atom. The molecule has 0 aliphatic heterocycles. The van der Waals surface area contributed by atoms with Crippen LogP contribution in [-0.2, 0) is 9.53 Å². The van der Waals surface area contributed by atoms with Gasteiger partial charge in [0.1, 0.15) is 5.60 Å². The van der Waals surface area contributed by atoms with E-state index in [0.29, 0.717) is 23.7 Å². The molecule has 0 radical (unpaired) electrons. The van der Waals surface area contributed by atoms with E-state index in [9.17, 15) is 9.90 Å². The van der Waals surface area contributed by atoms with Crippen LogP contribution in [0.1, 0.15) is 46.0 Å². The predicted molar refractivity (Wildman–Crippen MR) is 63.2 cm³/mol. The number of aliphatic hydroxyl groups is 1. The third-order valence-corrected chi connectivity index (χ3v) is 5.54. The van der Waals surface area contributed by atoms with Crippen molar-refractivity contribution in [2.24, 2.45) is 23.7 Å². The van der Waals surface area contributed by atoms with E-state index in [0.717, 1.165) is 25.7 Å². The first-order valence-corrected chi connectivity index (χ1v) is 6.92. The Hall–Kier alpha value is -0.570. The minimum absolute atomic E-state index is 0.0914. The van der Waals surface area contributed by atoms with Crippen LogP contribution in [0.5, 0.6) is 0 Å². The molecule has 3 nitrogen and oxygen atoms in total. The highest BCUT2D eigenvalue weighted by atomic mass is 16.6. The molecule has 3 aliphatic rings. The normalized spacial score (nSPS) is 51.6. The van der Waals surface area contributed by atoms with E-state index in [-0.39, 0.29) is 17.7 Å². The molecule has 3 heteroatoms. The Kier molecular flexibility index (Phi) is 2.51. The smallest absolute Gasteiger partial charge is 0.303 e. The molecular weight excluding hydrogens is 216 g/mol. The number of ether oxygens (including phenoxy) is 1. The zero-order valence-electron chi connectivity index (χ0n) is 10.7. The highest BCUT2D eigenvalue weighted by molar-refractivity contribution is 5.66. The molecule has 0 aromatic rings. The Bertz CT molecular complexity index is 340. The summed E-state index contributed by atoms with van der Waals surface area (Å²) in [6, 6.07) is 0. The quantitative estimate of drug-likeness (QED) is 0.750. The van der Waals surface area contributed by atoms with Crippen LogP contribution in [0.2, 0.25) is 0 Å². The lowest BCUT2D eigenvalue weighted by atomic mass is 9.80.